The number of likely N-dealkylation sites (N-methyl/N-ethyl adjacent to an activating group) is 2. The first-order valence-electron chi connectivity index (χ1n) is 9.46. The van der Waals surface area contributed by atoms with E-state index in [1.807, 2.05) is 14.0 Å². The van der Waals surface area contributed by atoms with Gasteiger partial charge in [0.05, 0.1) is 6.54 Å². The third kappa shape index (κ3) is 8.00. The monoisotopic (exact) mass is 390 g/mol. The van der Waals surface area contributed by atoms with E-state index in [-0.39, 0.29) is 24.0 Å². The highest BCUT2D eigenvalue weighted by atomic mass is 19.1. The number of hydrogen-bond donors (Lipinski definition) is 2. The molecule has 0 radical (unpaired) electrons. The molecule has 0 unspecified atom stereocenters. The lowest BCUT2D eigenvalue weighted by Gasteiger charge is -2.18. The van der Waals surface area contributed by atoms with Gasteiger partial charge in [-0.2, -0.15) is 0 Å². The van der Waals surface area contributed by atoms with Gasteiger partial charge in [-0.25, -0.2) is 9.38 Å². The van der Waals surface area contributed by atoms with E-state index in [0.29, 0.717) is 12.3 Å². The molecule has 0 aliphatic carbocycles. The topological polar surface area (TPSA) is 73.8 Å². The van der Waals surface area contributed by atoms with Crippen molar-refractivity contribution in [3.63, 3.8) is 0 Å². The average molecular weight is 391 g/mol. The van der Waals surface area contributed by atoms with Crippen LogP contribution in [0.25, 0.3) is 0 Å². The van der Waals surface area contributed by atoms with Gasteiger partial charge in [-0.3, -0.25) is 9.59 Å². The van der Waals surface area contributed by atoms with E-state index >= 15 is 0 Å². The summed E-state index contributed by atoms with van der Waals surface area (Å²) in [6.07, 6.45) is 2.16. The predicted octanol–water partition coefficient (Wildman–Crippen LogP) is 2.50. The lowest BCUT2D eigenvalue weighted by molar-refractivity contribution is -0.124. The number of benzene rings is 1. The fourth-order valence-electron chi connectivity index (χ4n) is 2.58. The van der Waals surface area contributed by atoms with Crippen molar-refractivity contribution in [1.82, 2.24) is 15.5 Å². The molecule has 0 bridgehead atoms. The second-order valence-corrected chi connectivity index (χ2v) is 6.78. The summed E-state index contributed by atoms with van der Waals surface area (Å²) < 4.78 is 13.2. The van der Waals surface area contributed by atoms with E-state index < -0.39 is 5.91 Å². The summed E-state index contributed by atoms with van der Waals surface area (Å²) in [4.78, 5) is 30.8. The Morgan fingerprint density at radius 2 is 1.82 bits per heavy atom. The van der Waals surface area contributed by atoms with Gasteiger partial charge in [-0.05, 0) is 57.1 Å². The maximum atomic E-state index is 13.2. The zero-order chi connectivity index (χ0) is 21.1. The van der Waals surface area contributed by atoms with Crippen LogP contribution in [0, 0.1) is 5.82 Å². The molecule has 0 aromatic heterocycles. The predicted molar refractivity (Wildman–Crippen MR) is 111 cm³/mol. The molecule has 2 amide bonds. The smallest absolute Gasteiger partial charge is 0.270 e. The molecular weight excluding hydrogens is 359 g/mol. The minimum absolute atomic E-state index is 0.122. The highest BCUT2D eigenvalue weighted by Crippen LogP contribution is 2.12. The summed E-state index contributed by atoms with van der Waals surface area (Å²) in [6.45, 7) is 7.14. The van der Waals surface area contributed by atoms with Crippen molar-refractivity contribution in [2.24, 2.45) is 4.99 Å². The second-order valence-electron chi connectivity index (χ2n) is 6.78. The zero-order valence-corrected chi connectivity index (χ0v) is 17.4. The number of nitrogens with zero attached hydrogens (tertiary/aromatic N) is 2. The number of unbranched alkanes of at least 4 members (excludes halogenated alkanes) is 1. The number of amides is 2. The molecule has 1 aromatic rings. The molecule has 2 N–H and O–H groups in total. The number of carbonyl (C=O) groups is 2. The molecule has 28 heavy (non-hydrogen) atoms. The lowest BCUT2D eigenvalue weighted by Crippen LogP contribution is -2.36. The van der Waals surface area contributed by atoms with Crippen molar-refractivity contribution in [3.05, 3.63) is 46.9 Å². The highest BCUT2D eigenvalue weighted by Gasteiger charge is 2.15. The normalized spacial score (nSPS) is 12.6. The van der Waals surface area contributed by atoms with Crippen LogP contribution in [0.1, 0.15) is 39.2 Å². The van der Waals surface area contributed by atoms with Gasteiger partial charge in [0.1, 0.15) is 11.5 Å². The quantitative estimate of drug-likeness (QED) is 0.476. The second kappa shape index (κ2) is 12.0. The Kier molecular flexibility index (Phi) is 10.1. The van der Waals surface area contributed by atoms with Gasteiger partial charge in [0.2, 0.25) is 5.91 Å². The first-order valence-corrected chi connectivity index (χ1v) is 9.46. The van der Waals surface area contributed by atoms with Gasteiger partial charge in [0, 0.05) is 19.3 Å². The average Bonchev–Trinajstić information content (AvgIpc) is 2.68. The Morgan fingerprint density at radius 3 is 2.39 bits per heavy atom. The maximum Gasteiger partial charge on any atom is 0.270 e. The summed E-state index contributed by atoms with van der Waals surface area (Å²) in [5.74, 6) is -1.03. The van der Waals surface area contributed by atoms with Gasteiger partial charge < -0.3 is 15.5 Å². The van der Waals surface area contributed by atoms with Crippen LogP contribution in [0.15, 0.2) is 40.5 Å². The number of rotatable bonds is 10. The van der Waals surface area contributed by atoms with E-state index in [1.54, 1.807) is 19.1 Å². The standard InChI is InChI=1S/C21H31FN4O2/c1-6-7-12-26(5)14-15(2)20(21(28)24-13-19(27)23-4)25-16(3)17-8-10-18(22)11-9-17/h8-11H,6-7,12-14H2,1-5H3,(H,23,27)(H,24,28)/b20-15+,25-16?. The van der Waals surface area contributed by atoms with Crippen LogP contribution in [-0.2, 0) is 9.59 Å². The van der Waals surface area contributed by atoms with E-state index in [9.17, 15) is 14.0 Å². The summed E-state index contributed by atoms with van der Waals surface area (Å²) in [5, 5.41) is 5.07. The fourth-order valence-corrected chi connectivity index (χ4v) is 2.58. The van der Waals surface area contributed by atoms with Crippen molar-refractivity contribution in [1.29, 1.82) is 0 Å². The number of hydrogen-bond acceptors (Lipinski definition) is 4. The molecule has 0 aliphatic rings. The maximum absolute atomic E-state index is 13.2. The SMILES string of the molecule is CCCCN(C)C/C(C)=C(/N=C(C)c1ccc(F)cc1)C(=O)NCC(=O)NC. The van der Waals surface area contributed by atoms with Gasteiger partial charge in [-0.15, -0.1) is 0 Å². The number of halogens is 1. The van der Waals surface area contributed by atoms with Crippen molar-refractivity contribution in [3.8, 4) is 0 Å². The van der Waals surface area contributed by atoms with Crippen molar-refractivity contribution >= 4 is 17.5 Å². The molecule has 1 aromatic carbocycles. The molecular formula is C21H31FN4O2. The molecule has 1 rings (SSSR count). The van der Waals surface area contributed by atoms with Gasteiger partial charge in [-0.1, -0.05) is 25.5 Å². The minimum Gasteiger partial charge on any atom is -0.358 e. The Hall–Kier alpha value is -2.54. The summed E-state index contributed by atoms with van der Waals surface area (Å²) >= 11 is 0. The number of carbonyl (C=O) groups excluding carboxylic acids is 2. The number of nitrogens with one attached hydrogen (secondary N) is 2. The van der Waals surface area contributed by atoms with Crippen molar-refractivity contribution < 1.29 is 14.0 Å². The van der Waals surface area contributed by atoms with Crippen LogP contribution in [0.2, 0.25) is 0 Å². The van der Waals surface area contributed by atoms with Gasteiger partial charge >= 0.3 is 0 Å². The Bertz CT molecular complexity index is 726. The third-order valence-electron chi connectivity index (χ3n) is 4.25. The number of aliphatic imine (C=N–C) groups is 1. The molecule has 154 valence electrons. The van der Waals surface area contributed by atoms with Gasteiger partial charge in [0.15, 0.2) is 0 Å². The highest BCUT2D eigenvalue weighted by molar-refractivity contribution is 6.04. The largest absolute Gasteiger partial charge is 0.358 e. The van der Waals surface area contributed by atoms with Crippen LogP contribution >= 0.6 is 0 Å². The molecule has 6 nitrogen and oxygen atoms in total. The Balaban J connectivity index is 3.12. The molecule has 0 spiro atoms. The molecule has 7 heteroatoms. The molecule has 0 saturated carbocycles. The molecule has 0 aliphatic heterocycles. The van der Waals surface area contributed by atoms with E-state index in [0.717, 1.165) is 30.5 Å². The Morgan fingerprint density at radius 1 is 1.18 bits per heavy atom. The van der Waals surface area contributed by atoms with Crippen LogP contribution in [0.5, 0.6) is 0 Å². The molecule has 0 saturated heterocycles. The third-order valence-corrected chi connectivity index (χ3v) is 4.25. The van der Waals surface area contributed by atoms with Crippen LogP contribution in [0.3, 0.4) is 0 Å². The lowest BCUT2D eigenvalue weighted by atomic mass is 10.1. The van der Waals surface area contributed by atoms with E-state index in [4.69, 9.17) is 0 Å². The fraction of sp³-hybridized carbons (Fsp3) is 0.476. The van der Waals surface area contributed by atoms with Crippen LogP contribution < -0.4 is 10.6 Å². The first-order chi connectivity index (χ1) is 13.3. The summed E-state index contributed by atoms with van der Waals surface area (Å²) in [7, 11) is 3.51. The molecule has 0 fully saturated rings. The summed E-state index contributed by atoms with van der Waals surface area (Å²) in [5.41, 5.74) is 2.40. The summed E-state index contributed by atoms with van der Waals surface area (Å²) in [6, 6.07) is 5.96. The molecule has 0 atom stereocenters. The molecule has 0 heterocycles. The van der Waals surface area contributed by atoms with E-state index in [1.165, 1.54) is 19.2 Å². The van der Waals surface area contributed by atoms with Crippen LogP contribution in [-0.4, -0.2) is 56.2 Å². The van der Waals surface area contributed by atoms with E-state index in [2.05, 4.69) is 27.4 Å². The van der Waals surface area contributed by atoms with Gasteiger partial charge in [0.25, 0.3) is 5.91 Å². The Labute approximate surface area is 166 Å². The minimum atomic E-state index is -0.411. The zero-order valence-electron chi connectivity index (χ0n) is 17.4. The van der Waals surface area contributed by atoms with Crippen molar-refractivity contribution in [2.45, 2.75) is 33.6 Å². The van der Waals surface area contributed by atoms with Crippen molar-refractivity contribution in [2.75, 3.05) is 33.7 Å². The first kappa shape index (κ1) is 23.5. The van der Waals surface area contributed by atoms with Crippen LogP contribution in [0.4, 0.5) is 4.39 Å².